The molecule has 0 aromatic heterocycles. The second-order valence-electron chi connectivity index (χ2n) is 5.04. The van der Waals surface area contributed by atoms with Crippen molar-refractivity contribution in [3.63, 3.8) is 0 Å². The normalized spacial score (nSPS) is 19.2. The molecule has 19 heavy (non-hydrogen) atoms. The molecule has 1 atom stereocenters. The molecule has 0 saturated carbocycles. The van der Waals surface area contributed by atoms with Gasteiger partial charge in [0.25, 0.3) is 0 Å². The molecule has 1 saturated heterocycles. The van der Waals surface area contributed by atoms with Gasteiger partial charge in [0.15, 0.2) is 0 Å². The molecule has 2 rings (SSSR count). The first-order valence-corrected chi connectivity index (χ1v) is 6.43. The minimum Gasteiger partial charge on any atom is -0.399 e. The van der Waals surface area contributed by atoms with Crippen LogP contribution in [0.1, 0.15) is 24.8 Å². The maximum absolute atomic E-state index is 11.7. The highest BCUT2D eigenvalue weighted by Crippen LogP contribution is 2.24. The number of aryl methyl sites for hydroxylation is 1. The van der Waals surface area contributed by atoms with E-state index in [4.69, 9.17) is 11.5 Å². The van der Waals surface area contributed by atoms with E-state index in [0.29, 0.717) is 17.8 Å². The van der Waals surface area contributed by atoms with Gasteiger partial charge in [0.2, 0.25) is 11.8 Å². The lowest BCUT2D eigenvalue weighted by atomic mass is 9.97. The van der Waals surface area contributed by atoms with Crippen molar-refractivity contribution in [2.45, 2.75) is 25.7 Å². The van der Waals surface area contributed by atoms with Crippen LogP contribution in [0.2, 0.25) is 0 Å². The van der Waals surface area contributed by atoms with Crippen LogP contribution in [0.25, 0.3) is 0 Å². The first kappa shape index (κ1) is 13.4. The minimum absolute atomic E-state index is 0.0599. The predicted molar refractivity (Wildman–Crippen MR) is 74.1 cm³/mol. The second-order valence-corrected chi connectivity index (χ2v) is 5.04. The lowest BCUT2D eigenvalue weighted by Crippen LogP contribution is -2.25. The van der Waals surface area contributed by atoms with Crippen molar-refractivity contribution in [3.05, 3.63) is 23.8 Å². The number of likely N-dealkylation sites (tertiary alicyclic amines) is 1. The number of anilines is 2. The van der Waals surface area contributed by atoms with Crippen molar-refractivity contribution in [2.75, 3.05) is 18.5 Å². The minimum atomic E-state index is -0.160. The van der Waals surface area contributed by atoms with Gasteiger partial charge in [-0.1, -0.05) is 6.07 Å². The largest absolute Gasteiger partial charge is 0.399 e. The van der Waals surface area contributed by atoms with Crippen molar-refractivity contribution in [1.29, 1.82) is 0 Å². The maximum atomic E-state index is 11.7. The number of nitrogens with zero attached hydrogens (tertiary/aromatic N) is 1. The molecule has 1 unspecified atom stereocenters. The molecule has 1 aliphatic rings. The van der Waals surface area contributed by atoms with E-state index < -0.39 is 0 Å². The fraction of sp³-hybridized carbons (Fsp3) is 0.429. The Kier molecular flexibility index (Phi) is 3.74. The van der Waals surface area contributed by atoms with E-state index in [0.717, 1.165) is 24.8 Å². The third kappa shape index (κ3) is 2.86. The van der Waals surface area contributed by atoms with Crippen LogP contribution in [0.3, 0.4) is 0 Å². The molecular formula is C14H19N3O2. The average Bonchev–Trinajstić information content (AvgIpc) is 2.60. The fourth-order valence-corrected chi connectivity index (χ4v) is 2.44. The topological polar surface area (TPSA) is 89.4 Å². The van der Waals surface area contributed by atoms with Gasteiger partial charge in [0, 0.05) is 30.8 Å². The van der Waals surface area contributed by atoms with E-state index in [2.05, 4.69) is 0 Å². The van der Waals surface area contributed by atoms with Crippen LogP contribution in [0.5, 0.6) is 0 Å². The summed E-state index contributed by atoms with van der Waals surface area (Å²) in [5, 5.41) is 0. The Hall–Kier alpha value is -2.04. The van der Waals surface area contributed by atoms with Crippen molar-refractivity contribution < 1.29 is 9.59 Å². The molecule has 102 valence electrons. The maximum Gasteiger partial charge on any atom is 0.232 e. The van der Waals surface area contributed by atoms with Crippen molar-refractivity contribution in [1.82, 2.24) is 4.90 Å². The van der Waals surface area contributed by atoms with Gasteiger partial charge >= 0.3 is 0 Å². The molecule has 4 N–H and O–H groups in total. The first-order chi connectivity index (χ1) is 8.99. The van der Waals surface area contributed by atoms with E-state index in [1.54, 1.807) is 13.1 Å². The zero-order valence-electron chi connectivity index (χ0n) is 11.1. The molecule has 5 nitrogen and oxygen atoms in total. The van der Waals surface area contributed by atoms with Gasteiger partial charge in [0.1, 0.15) is 0 Å². The molecule has 1 aliphatic heterocycles. The van der Waals surface area contributed by atoms with Gasteiger partial charge in [-0.05, 0) is 37.0 Å². The summed E-state index contributed by atoms with van der Waals surface area (Å²) in [7, 11) is 1.54. The molecule has 1 aromatic rings. The first-order valence-electron chi connectivity index (χ1n) is 6.43. The number of rotatable bonds is 4. The highest BCUT2D eigenvalue weighted by molar-refractivity contribution is 6.03. The highest BCUT2D eigenvalue weighted by atomic mass is 16.2. The van der Waals surface area contributed by atoms with Crippen LogP contribution < -0.4 is 11.5 Å². The van der Waals surface area contributed by atoms with Crippen LogP contribution in [0.15, 0.2) is 18.2 Å². The summed E-state index contributed by atoms with van der Waals surface area (Å²) in [5.41, 5.74) is 13.9. The molecule has 5 heteroatoms. The Morgan fingerprint density at radius 1 is 1.32 bits per heavy atom. The van der Waals surface area contributed by atoms with Crippen LogP contribution in [-0.4, -0.2) is 23.8 Å². The van der Waals surface area contributed by atoms with Gasteiger partial charge in [-0.25, -0.2) is 0 Å². The number of nitrogen functional groups attached to an aromatic ring is 2. The molecule has 1 fully saturated rings. The van der Waals surface area contributed by atoms with Gasteiger partial charge in [0.05, 0.1) is 0 Å². The van der Waals surface area contributed by atoms with Gasteiger partial charge in [-0.3, -0.25) is 14.5 Å². The van der Waals surface area contributed by atoms with E-state index >= 15 is 0 Å². The molecule has 1 heterocycles. The number of carbonyl (C=O) groups is 2. The Bertz CT molecular complexity index is 513. The highest BCUT2D eigenvalue weighted by Gasteiger charge is 2.35. The summed E-state index contributed by atoms with van der Waals surface area (Å²) >= 11 is 0. The quantitative estimate of drug-likeness (QED) is 0.629. The van der Waals surface area contributed by atoms with Crippen molar-refractivity contribution in [2.24, 2.45) is 5.92 Å². The number of hydrogen-bond acceptors (Lipinski definition) is 4. The summed E-state index contributed by atoms with van der Waals surface area (Å²) in [5.74, 6) is -0.301. The van der Waals surface area contributed by atoms with Crippen molar-refractivity contribution in [3.8, 4) is 0 Å². The standard InChI is InChI=1S/C14H19N3O2/c1-17-13(18)7-10(14(17)19)4-2-3-9-5-6-11(15)8-12(9)16/h5-6,8,10H,2-4,7,15-16H2,1H3. The van der Waals surface area contributed by atoms with Crippen LogP contribution >= 0.6 is 0 Å². The summed E-state index contributed by atoms with van der Waals surface area (Å²) in [6.07, 6.45) is 2.70. The Balaban J connectivity index is 1.87. The monoisotopic (exact) mass is 261 g/mol. The third-order valence-corrected chi connectivity index (χ3v) is 3.64. The number of nitrogens with two attached hydrogens (primary N) is 2. The lowest BCUT2D eigenvalue weighted by molar-refractivity contribution is -0.137. The average molecular weight is 261 g/mol. The zero-order valence-corrected chi connectivity index (χ0v) is 11.1. The number of hydrogen-bond donors (Lipinski definition) is 2. The number of amides is 2. The Labute approximate surface area is 112 Å². The van der Waals surface area contributed by atoms with Gasteiger partial charge < -0.3 is 11.5 Å². The smallest absolute Gasteiger partial charge is 0.232 e. The van der Waals surface area contributed by atoms with E-state index in [1.165, 1.54) is 4.90 Å². The fourth-order valence-electron chi connectivity index (χ4n) is 2.44. The van der Waals surface area contributed by atoms with Gasteiger partial charge in [-0.15, -0.1) is 0 Å². The van der Waals surface area contributed by atoms with Crippen LogP contribution in [0, 0.1) is 5.92 Å². The third-order valence-electron chi connectivity index (χ3n) is 3.64. The van der Waals surface area contributed by atoms with Crippen LogP contribution in [0.4, 0.5) is 11.4 Å². The zero-order chi connectivity index (χ0) is 14.0. The summed E-state index contributed by atoms with van der Waals surface area (Å²) in [4.78, 5) is 24.3. The number of carbonyl (C=O) groups excluding carboxylic acids is 2. The summed E-state index contributed by atoms with van der Waals surface area (Å²) < 4.78 is 0. The Morgan fingerprint density at radius 2 is 2.05 bits per heavy atom. The molecule has 2 amide bonds. The Morgan fingerprint density at radius 3 is 2.63 bits per heavy atom. The van der Waals surface area contributed by atoms with E-state index in [9.17, 15) is 9.59 Å². The lowest BCUT2D eigenvalue weighted by Gasteiger charge is -2.10. The molecule has 0 spiro atoms. The molecule has 1 aromatic carbocycles. The van der Waals surface area contributed by atoms with Gasteiger partial charge in [-0.2, -0.15) is 0 Å². The molecular weight excluding hydrogens is 242 g/mol. The number of benzene rings is 1. The summed E-state index contributed by atoms with van der Waals surface area (Å²) in [6, 6.07) is 5.48. The van der Waals surface area contributed by atoms with Crippen LogP contribution in [-0.2, 0) is 16.0 Å². The van der Waals surface area contributed by atoms with Crippen molar-refractivity contribution >= 4 is 23.2 Å². The van der Waals surface area contributed by atoms with E-state index in [-0.39, 0.29) is 17.7 Å². The SMILES string of the molecule is CN1C(=O)CC(CCCc2ccc(N)cc2N)C1=O. The predicted octanol–water partition coefficient (Wildman–Crippen LogP) is 1.18. The second kappa shape index (κ2) is 5.30. The van der Waals surface area contributed by atoms with E-state index in [1.807, 2.05) is 12.1 Å². The molecule has 0 bridgehead atoms. The summed E-state index contributed by atoms with van der Waals surface area (Å²) in [6.45, 7) is 0. The molecule has 0 aliphatic carbocycles. The molecule has 0 radical (unpaired) electrons. The number of imide groups is 1.